The summed E-state index contributed by atoms with van der Waals surface area (Å²) in [5.41, 5.74) is 0.590. The first-order valence-corrected chi connectivity index (χ1v) is 8.27. The average molecular weight is 329 g/mol. The molecule has 2 rings (SSSR count). The lowest BCUT2D eigenvalue weighted by molar-refractivity contribution is 0.101. The number of carbonyl (C=O) groups is 1. The van der Waals surface area contributed by atoms with E-state index in [9.17, 15) is 9.59 Å². The van der Waals surface area contributed by atoms with Crippen LogP contribution in [0.15, 0.2) is 41.2 Å². The van der Waals surface area contributed by atoms with Crippen molar-refractivity contribution in [1.82, 2.24) is 9.78 Å². The number of amides is 1. The Morgan fingerprint density at radius 3 is 2.71 bits per heavy atom. The quantitative estimate of drug-likeness (QED) is 0.808. The Kier molecular flexibility index (Phi) is 6.54. The van der Waals surface area contributed by atoms with Gasteiger partial charge in [0.05, 0.1) is 12.3 Å². The zero-order valence-electron chi connectivity index (χ0n) is 14.1. The molecular weight excluding hydrogens is 306 g/mol. The Bertz CT molecular complexity index is 740. The van der Waals surface area contributed by atoms with Crippen LogP contribution in [0.2, 0.25) is 0 Å². The van der Waals surface area contributed by atoms with Crippen LogP contribution in [0.3, 0.4) is 0 Å². The summed E-state index contributed by atoms with van der Waals surface area (Å²) in [7, 11) is 0. The largest absolute Gasteiger partial charge is 0.491 e. The molecule has 0 aliphatic heterocycles. The molecule has 0 fully saturated rings. The molecule has 6 nitrogen and oxygen atoms in total. The molecule has 1 amide bonds. The van der Waals surface area contributed by atoms with E-state index in [4.69, 9.17) is 4.74 Å². The number of ether oxygens (including phenoxy) is 1. The summed E-state index contributed by atoms with van der Waals surface area (Å²) in [6.07, 6.45) is 2.67. The molecule has 1 heterocycles. The molecule has 0 bridgehead atoms. The first kappa shape index (κ1) is 17.7. The van der Waals surface area contributed by atoms with Crippen molar-refractivity contribution in [3.63, 3.8) is 0 Å². The van der Waals surface area contributed by atoms with Crippen molar-refractivity contribution >= 4 is 11.6 Å². The summed E-state index contributed by atoms with van der Waals surface area (Å²) in [5.74, 6) is 0.250. The van der Waals surface area contributed by atoms with Gasteiger partial charge in [-0.2, -0.15) is 5.10 Å². The lowest BCUT2D eigenvalue weighted by atomic mass is 10.2. The van der Waals surface area contributed by atoms with Gasteiger partial charge < -0.3 is 10.1 Å². The number of benzene rings is 1. The van der Waals surface area contributed by atoms with Crippen LogP contribution in [0.5, 0.6) is 5.75 Å². The smallest absolute Gasteiger partial charge is 0.276 e. The zero-order valence-corrected chi connectivity index (χ0v) is 14.1. The Morgan fingerprint density at radius 1 is 1.17 bits per heavy atom. The molecule has 1 N–H and O–H groups in total. The number of hydrogen-bond acceptors (Lipinski definition) is 4. The predicted molar refractivity (Wildman–Crippen MR) is 93.6 cm³/mol. The highest BCUT2D eigenvalue weighted by Crippen LogP contribution is 2.24. The van der Waals surface area contributed by atoms with Gasteiger partial charge in [-0.3, -0.25) is 9.59 Å². The van der Waals surface area contributed by atoms with Crippen molar-refractivity contribution in [3.8, 4) is 5.75 Å². The summed E-state index contributed by atoms with van der Waals surface area (Å²) >= 11 is 0. The fraction of sp³-hybridized carbons (Fsp3) is 0.389. The van der Waals surface area contributed by atoms with Gasteiger partial charge in [0.15, 0.2) is 0 Å². The van der Waals surface area contributed by atoms with E-state index in [1.54, 1.807) is 12.1 Å². The van der Waals surface area contributed by atoms with Crippen molar-refractivity contribution in [2.24, 2.45) is 0 Å². The van der Waals surface area contributed by atoms with Gasteiger partial charge in [-0.05, 0) is 31.0 Å². The van der Waals surface area contributed by atoms with Crippen molar-refractivity contribution in [1.29, 1.82) is 0 Å². The van der Waals surface area contributed by atoms with Crippen molar-refractivity contribution < 1.29 is 9.53 Å². The van der Waals surface area contributed by atoms with Crippen molar-refractivity contribution in [3.05, 3.63) is 52.4 Å². The number of nitrogens with one attached hydrogen (secondary N) is 1. The lowest BCUT2D eigenvalue weighted by Crippen LogP contribution is -2.26. The van der Waals surface area contributed by atoms with Crippen LogP contribution < -0.4 is 15.6 Å². The van der Waals surface area contributed by atoms with Gasteiger partial charge in [-0.1, -0.05) is 32.4 Å². The first-order chi connectivity index (χ1) is 11.7. The van der Waals surface area contributed by atoms with Gasteiger partial charge in [0.2, 0.25) is 0 Å². The fourth-order valence-electron chi connectivity index (χ4n) is 2.13. The third-order valence-electron chi connectivity index (χ3n) is 3.42. The lowest BCUT2D eigenvalue weighted by Gasteiger charge is -2.12. The number of rotatable bonds is 8. The topological polar surface area (TPSA) is 73.2 Å². The van der Waals surface area contributed by atoms with Gasteiger partial charge >= 0.3 is 0 Å². The highest BCUT2D eigenvalue weighted by atomic mass is 16.5. The SMILES string of the molecule is CCCCn1nc(C(=O)Nc2ccccc2OCCC)ccc1=O. The van der Waals surface area contributed by atoms with Crippen molar-refractivity contribution in [2.75, 3.05) is 11.9 Å². The molecule has 0 radical (unpaired) electrons. The Balaban J connectivity index is 2.17. The number of hydrogen-bond donors (Lipinski definition) is 1. The summed E-state index contributed by atoms with van der Waals surface area (Å²) < 4.78 is 6.96. The summed E-state index contributed by atoms with van der Waals surface area (Å²) in [4.78, 5) is 24.2. The standard InChI is InChI=1S/C18H23N3O3/c1-3-5-12-21-17(22)11-10-15(20-21)18(23)19-14-8-6-7-9-16(14)24-13-4-2/h6-11H,3-5,12-13H2,1-2H3,(H,19,23). The summed E-state index contributed by atoms with van der Waals surface area (Å²) in [6.45, 7) is 5.14. The molecule has 128 valence electrons. The number of unbranched alkanes of at least 4 members (excludes halogenated alkanes) is 1. The van der Waals surface area contributed by atoms with Crippen LogP contribution in [0.1, 0.15) is 43.6 Å². The Hall–Kier alpha value is -2.63. The summed E-state index contributed by atoms with van der Waals surface area (Å²) in [5, 5.41) is 6.95. The van der Waals surface area contributed by atoms with Crippen LogP contribution in [0.4, 0.5) is 5.69 Å². The maximum Gasteiger partial charge on any atom is 0.276 e. The number of anilines is 1. The fourth-order valence-corrected chi connectivity index (χ4v) is 2.13. The molecule has 6 heteroatoms. The van der Waals surface area contributed by atoms with E-state index >= 15 is 0 Å². The van der Waals surface area contributed by atoms with E-state index in [2.05, 4.69) is 10.4 Å². The molecule has 1 aromatic carbocycles. The van der Waals surface area contributed by atoms with Crippen LogP contribution >= 0.6 is 0 Å². The van der Waals surface area contributed by atoms with Crippen molar-refractivity contribution in [2.45, 2.75) is 39.7 Å². The molecule has 24 heavy (non-hydrogen) atoms. The second kappa shape index (κ2) is 8.86. The minimum atomic E-state index is -0.368. The molecule has 0 saturated carbocycles. The van der Waals surface area contributed by atoms with Crippen LogP contribution in [0, 0.1) is 0 Å². The number of aromatic nitrogens is 2. The molecule has 0 saturated heterocycles. The average Bonchev–Trinajstić information content (AvgIpc) is 2.60. The van der Waals surface area contributed by atoms with Gasteiger partial charge in [-0.25, -0.2) is 4.68 Å². The second-order valence-corrected chi connectivity index (χ2v) is 5.43. The maximum absolute atomic E-state index is 12.4. The molecule has 0 aliphatic rings. The minimum absolute atomic E-state index is 0.202. The first-order valence-electron chi connectivity index (χ1n) is 8.27. The predicted octanol–water partition coefficient (Wildman–Crippen LogP) is 3.08. The normalized spacial score (nSPS) is 10.4. The van der Waals surface area contributed by atoms with Crippen LogP contribution in [-0.2, 0) is 6.54 Å². The van der Waals surface area contributed by atoms with Gasteiger partial charge in [-0.15, -0.1) is 0 Å². The Morgan fingerprint density at radius 2 is 1.96 bits per heavy atom. The number of aryl methyl sites for hydroxylation is 1. The molecular formula is C18H23N3O3. The van der Waals surface area contributed by atoms with E-state index in [-0.39, 0.29) is 17.2 Å². The summed E-state index contributed by atoms with van der Waals surface area (Å²) in [6, 6.07) is 10.1. The number of carbonyl (C=O) groups excluding carboxylic acids is 1. The van der Waals surface area contributed by atoms with E-state index in [1.165, 1.54) is 16.8 Å². The minimum Gasteiger partial charge on any atom is -0.491 e. The Labute approximate surface area is 141 Å². The molecule has 0 atom stereocenters. The monoisotopic (exact) mass is 329 g/mol. The van der Waals surface area contributed by atoms with E-state index in [0.717, 1.165) is 19.3 Å². The van der Waals surface area contributed by atoms with Crippen LogP contribution in [0.25, 0.3) is 0 Å². The molecule has 0 aliphatic carbocycles. The van der Waals surface area contributed by atoms with Gasteiger partial charge in [0.25, 0.3) is 11.5 Å². The van der Waals surface area contributed by atoms with Gasteiger partial charge in [0.1, 0.15) is 11.4 Å². The van der Waals surface area contributed by atoms with E-state index in [0.29, 0.717) is 24.6 Å². The second-order valence-electron chi connectivity index (χ2n) is 5.43. The third kappa shape index (κ3) is 4.68. The highest BCUT2D eigenvalue weighted by Gasteiger charge is 2.12. The molecule has 2 aromatic rings. The van der Waals surface area contributed by atoms with Gasteiger partial charge in [0, 0.05) is 12.6 Å². The third-order valence-corrected chi connectivity index (χ3v) is 3.42. The number of nitrogens with zero attached hydrogens (tertiary/aromatic N) is 2. The van der Waals surface area contributed by atoms with E-state index < -0.39 is 0 Å². The molecule has 0 unspecified atom stereocenters. The molecule has 1 aromatic heterocycles. The zero-order chi connectivity index (χ0) is 17.4. The van der Waals surface area contributed by atoms with Crippen LogP contribution in [-0.4, -0.2) is 22.3 Å². The number of para-hydroxylation sites is 2. The van der Waals surface area contributed by atoms with E-state index in [1.807, 2.05) is 26.0 Å². The highest BCUT2D eigenvalue weighted by molar-refractivity contribution is 6.03. The molecule has 0 spiro atoms. The maximum atomic E-state index is 12.4.